The van der Waals surface area contributed by atoms with Crippen LogP contribution in [0.2, 0.25) is 0 Å². The predicted molar refractivity (Wildman–Crippen MR) is 78.8 cm³/mol. The van der Waals surface area contributed by atoms with Gasteiger partial charge in [0.2, 0.25) is 5.91 Å². The topological polar surface area (TPSA) is 97.3 Å². The van der Waals surface area contributed by atoms with Crippen molar-refractivity contribution in [1.82, 2.24) is 24.6 Å². The van der Waals surface area contributed by atoms with E-state index < -0.39 is 6.03 Å². The van der Waals surface area contributed by atoms with E-state index in [1.165, 1.54) is 6.33 Å². The Kier molecular flexibility index (Phi) is 4.26. The van der Waals surface area contributed by atoms with Crippen molar-refractivity contribution in [1.29, 1.82) is 0 Å². The summed E-state index contributed by atoms with van der Waals surface area (Å²) in [6, 6.07) is -0.180. The van der Waals surface area contributed by atoms with Crippen molar-refractivity contribution in [2.24, 2.45) is 11.7 Å². The second kappa shape index (κ2) is 6.33. The van der Waals surface area contributed by atoms with Gasteiger partial charge in [0, 0.05) is 32.1 Å². The Balaban J connectivity index is 1.57. The molecule has 0 aliphatic carbocycles. The van der Waals surface area contributed by atoms with Crippen LogP contribution in [0.5, 0.6) is 0 Å². The van der Waals surface area contributed by atoms with Gasteiger partial charge in [0.1, 0.15) is 12.7 Å². The van der Waals surface area contributed by atoms with Crippen LogP contribution in [-0.4, -0.2) is 62.7 Å². The van der Waals surface area contributed by atoms with Gasteiger partial charge in [0.15, 0.2) is 0 Å². The molecule has 3 rings (SSSR count). The Morgan fingerprint density at radius 1 is 1.09 bits per heavy atom. The van der Waals surface area contributed by atoms with Crippen LogP contribution in [0.4, 0.5) is 4.79 Å². The highest BCUT2D eigenvalue weighted by atomic mass is 16.2. The number of nitrogens with zero attached hydrogens (tertiary/aromatic N) is 5. The highest BCUT2D eigenvalue weighted by molar-refractivity contribution is 5.79. The van der Waals surface area contributed by atoms with Crippen LogP contribution >= 0.6 is 0 Å². The number of amides is 3. The first-order valence-electron chi connectivity index (χ1n) is 7.82. The van der Waals surface area contributed by atoms with E-state index in [0.717, 1.165) is 19.4 Å². The van der Waals surface area contributed by atoms with Crippen LogP contribution < -0.4 is 5.73 Å². The van der Waals surface area contributed by atoms with E-state index in [-0.39, 0.29) is 17.9 Å². The maximum atomic E-state index is 12.7. The van der Waals surface area contributed by atoms with E-state index in [0.29, 0.717) is 32.5 Å². The number of aromatic nitrogens is 3. The summed E-state index contributed by atoms with van der Waals surface area (Å²) >= 11 is 0. The fourth-order valence-corrected chi connectivity index (χ4v) is 3.38. The summed E-state index contributed by atoms with van der Waals surface area (Å²) in [6.07, 6.45) is 6.65. The van der Waals surface area contributed by atoms with Crippen LogP contribution in [0.3, 0.4) is 0 Å². The highest BCUT2D eigenvalue weighted by Gasteiger charge is 2.32. The van der Waals surface area contributed by atoms with Gasteiger partial charge in [-0.25, -0.2) is 14.5 Å². The number of rotatable bonds is 2. The molecular formula is C14H22N6O2. The molecule has 0 bridgehead atoms. The summed E-state index contributed by atoms with van der Waals surface area (Å²) in [5.74, 6) is 0.207. The summed E-state index contributed by atoms with van der Waals surface area (Å²) in [6.45, 7) is 2.65. The maximum Gasteiger partial charge on any atom is 0.314 e. The molecule has 0 saturated carbocycles. The Morgan fingerprint density at radius 3 is 2.50 bits per heavy atom. The van der Waals surface area contributed by atoms with E-state index in [9.17, 15) is 9.59 Å². The van der Waals surface area contributed by atoms with Gasteiger partial charge in [-0.05, 0) is 25.7 Å². The molecule has 22 heavy (non-hydrogen) atoms. The molecule has 0 spiro atoms. The van der Waals surface area contributed by atoms with Crippen molar-refractivity contribution in [2.75, 3.05) is 26.2 Å². The molecule has 0 aromatic carbocycles. The first-order chi connectivity index (χ1) is 10.6. The minimum Gasteiger partial charge on any atom is -0.351 e. The number of likely N-dealkylation sites (tertiary alicyclic amines) is 2. The van der Waals surface area contributed by atoms with Gasteiger partial charge in [0.25, 0.3) is 0 Å². The molecule has 0 radical (unpaired) electrons. The fraction of sp³-hybridized carbons (Fsp3) is 0.714. The molecule has 2 fully saturated rings. The molecule has 2 saturated heterocycles. The van der Waals surface area contributed by atoms with E-state index in [4.69, 9.17) is 5.73 Å². The van der Waals surface area contributed by atoms with Gasteiger partial charge in [0.05, 0.1) is 6.04 Å². The maximum absolute atomic E-state index is 12.7. The monoisotopic (exact) mass is 306 g/mol. The molecule has 3 amide bonds. The lowest BCUT2D eigenvalue weighted by atomic mass is 9.94. The average molecular weight is 306 g/mol. The van der Waals surface area contributed by atoms with E-state index in [2.05, 4.69) is 10.1 Å². The van der Waals surface area contributed by atoms with Gasteiger partial charge < -0.3 is 15.5 Å². The summed E-state index contributed by atoms with van der Waals surface area (Å²) in [4.78, 5) is 31.4. The van der Waals surface area contributed by atoms with Crippen LogP contribution in [-0.2, 0) is 4.79 Å². The summed E-state index contributed by atoms with van der Waals surface area (Å²) in [5, 5.41) is 4.19. The Bertz CT molecular complexity index is 523. The zero-order valence-corrected chi connectivity index (χ0v) is 12.6. The number of hydrogen-bond donors (Lipinski definition) is 1. The number of urea groups is 1. The smallest absolute Gasteiger partial charge is 0.314 e. The van der Waals surface area contributed by atoms with E-state index in [1.807, 2.05) is 9.58 Å². The van der Waals surface area contributed by atoms with Crippen LogP contribution in [0.1, 0.15) is 31.7 Å². The molecule has 3 heterocycles. The van der Waals surface area contributed by atoms with Crippen molar-refractivity contribution >= 4 is 11.9 Å². The first-order valence-corrected chi connectivity index (χ1v) is 7.82. The quantitative estimate of drug-likeness (QED) is 0.846. The number of piperidine rings is 2. The normalized spacial score (nSPS) is 23.5. The first kappa shape index (κ1) is 14.8. The van der Waals surface area contributed by atoms with E-state index in [1.54, 1.807) is 11.2 Å². The predicted octanol–water partition coefficient (Wildman–Crippen LogP) is 0.232. The molecule has 1 atom stereocenters. The SMILES string of the molecule is NC(=O)N1CCC(C(=O)N2CCCC(n3cncn3)C2)CC1. The number of nitrogens with two attached hydrogens (primary N) is 1. The molecule has 1 unspecified atom stereocenters. The zero-order valence-electron chi connectivity index (χ0n) is 12.6. The number of hydrogen-bond acceptors (Lipinski definition) is 4. The van der Waals surface area contributed by atoms with Crippen LogP contribution in [0, 0.1) is 5.92 Å². The number of primary amides is 1. The summed E-state index contributed by atoms with van der Waals surface area (Å²) in [5.41, 5.74) is 5.28. The van der Waals surface area contributed by atoms with Crippen molar-refractivity contribution in [3.05, 3.63) is 12.7 Å². The summed E-state index contributed by atoms with van der Waals surface area (Å²) in [7, 11) is 0. The molecule has 2 aliphatic rings. The molecule has 2 N–H and O–H groups in total. The van der Waals surface area contributed by atoms with Gasteiger partial charge in [-0.2, -0.15) is 5.10 Å². The molecule has 1 aromatic heterocycles. The van der Waals surface area contributed by atoms with Gasteiger partial charge in [-0.1, -0.05) is 0 Å². The largest absolute Gasteiger partial charge is 0.351 e. The van der Waals surface area contributed by atoms with Crippen molar-refractivity contribution in [3.8, 4) is 0 Å². The third-order valence-corrected chi connectivity index (χ3v) is 4.67. The van der Waals surface area contributed by atoms with E-state index >= 15 is 0 Å². The van der Waals surface area contributed by atoms with Gasteiger partial charge in [-0.3, -0.25) is 4.79 Å². The molecule has 8 heteroatoms. The minimum atomic E-state index is -0.393. The second-order valence-electron chi connectivity index (χ2n) is 6.06. The molecule has 8 nitrogen and oxygen atoms in total. The number of carbonyl (C=O) groups is 2. The minimum absolute atomic E-state index is 0.00472. The van der Waals surface area contributed by atoms with Crippen molar-refractivity contribution < 1.29 is 9.59 Å². The van der Waals surface area contributed by atoms with Gasteiger partial charge in [-0.15, -0.1) is 0 Å². The molecule has 1 aromatic rings. The van der Waals surface area contributed by atoms with Crippen LogP contribution in [0.15, 0.2) is 12.7 Å². The lowest BCUT2D eigenvalue weighted by Crippen LogP contribution is -2.48. The van der Waals surface area contributed by atoms with Gasteiger partial charge >= 0.3 is 6.03 Å². The lowest BCUT2D eigenvalue weighted by molar-refractivity contribution is -0.138. The standard InChI is InChI=1S/C14H22N6O2/c15-14(22)18-6-3-11(4-7-18)13(21)19-5-1-2-12(8-19)20-10-16-9-17-20/h9-12H,1-8H2,(H2,15,22). The third-order valence-electron chi connectivity index (χ3n) is 4.67. The molecule has 120 valence electrons. The van der Waals surface area contributed by atoms with Crippen molar-refractivity contribution in [2.45, 2.75) is 31.7 Å². The summed E-state index contributed by atoms with van der Waals surface area (Å²) < 4.78 is 1.84. The Labute approximate surface area is 129 Å². The molecule has 2 aliphatic heterocycles. The Morgan fingerprint density at radius 2 is 1.86 bits per heavy atom. The highest BCUT2D eigenvalue weighted by Crippen LogP contribution is 2.25. The number of carbonyl (C=O) groups excluding carboxylic acids is 2. The lowest BCUT2D eigenvalue weighted by Gasteiger charge is -2.37. The van der Waals surface area contributed by atoms with Crippen LogP contribution in [0.25, 0.3) is 0 Å². The zero-order chi connectivity index (χ0) is 15.5. The fourth-order valence-electron chi connectivity index (χ4n) is 3.38. The Hall–Kier alpha value is -2.12. The molecular weight excluding hydrogens is 284 g/mol. The third kappa shape index (κ3) is 3.05. The van der Waals surface area contributed by atoms with Crippen molar-refractivity contribution in [3.63, 3.8) is 0 Å². The average Bonchev–Trinajstić information content (AvgIpc) is 3.09. The second-order valence-corrected chi connectivity index (χ2v) is 6.06.